The molecule has 2 rings (SSSR count). The van der Waals surface area contributed by atoms with Crippen LogP contribution in [0.5, 0.6) is 0 Å². The van der Waals surface area contributed by atoms with Gasteiger partial charge in [-0.15, -0.1) is 0 Å². The fourth-order valence-electron chi connectivity index (χ4n) is 2.42. The number of nitrogens with zero attached hydrogens (tertiary/aromatic N) is 1. The maximum Gasteiger partial charge on any atom is 0.416 e. The quantitative estimate of drug-likeness (QED) is 0.834. The van der Waals surface area contributed by atoms with Crippen molar-refractivity contribution < 1.29 is 23.1 Å². The maximum absolute atomic E-state index is 12.5. The van der Waals surface area contributed by atoms with Crippen molar-refractivity contribution in [3.63, 3.8) is 0 Å². The molecule has 1 saturated heterocycles. The molecular weight excluding hydrogens is 273 g/mol. The van der Waals surface area contributed by atoms with Gasteiger partial charge in [0.05, 0.1) is 5.56 Å². The summed E-state index contributed by atoms with van der Waals surface area (Å²) in [5, 5.41) is 8.98. The van der Waals surface area contributed by atoms with Crippen molar-refractivity contribution in [2.45, 2.75) is 24.6 Å². The van der Waals surface area contributed by atoms with Crippen molar-refractivity contribution >= 4 is 6.09 Å². The average molecular weight is 288 g/mol. The van der Waals surface area contributed by atoms with E-state index in [4.69, 9.17) is 10.8 Å². The molecule has 3 N–H and O–H groups in total. The van der Waals surface area contributed by atoms with E-state index < -0.39 is 17.8 Å². The normalized spacial score (nSPS) is 23.7. The van der Waals surface area contributed by atoms with Gasteiger partial charge in [-0.05, 0) is 24.1 Å². The summed E-state index contributed by atoms with van der Waals surface area (Å²) in [7, 11) is 0. The summed E-state index contributed by atoms with van der Waals surface area (Å²) in [4.78, 5) is 12.2. The second-order valence-corrected chi connectivity index (χ2v) is 4.91. The first-order valence-corrected chi connectivity index (χ1v) is 6.19. The van der Waals surface area contributed by atoms with E-state index in [2.05, 4.69) is 0 Å². The summed E-state index contributed by atoms with van der Waals surface area (Å²) in [6.45, 7) is 0.565. The number of nitrogens with two attached hydrogens (primary N) is 1. The van der Waals surface area contributed by atoms with E-state index in [-0.39, 0.29) is 18.5 Å². The number of halogens is 3. The van der Waals surface area contributed by atoms with Gasteiger partial charge in [-0.2, -0.15) is 13.2 Å². The molecule has 4 nitrogen and oxygen atoms in total. The Hall–Kier alpha value is -1.76. The molecule has 0 saturated carbocycles. The van der Waals surface area contributed by atoms with Crippen LogP contribution < -0.4 is 5.73 Å². The molecule has 2 unspecified atom stereocenters. The first-order chi connectivity index (χ1) is 9.29. The van der Waals surface area contributed by atoms with Crippen LogP contribution in [0.25, 0.3) is 0 Å². The molecule has 1 amide bonds. The minimum absolute atomic E-state index is 0.210. The van der Waals surface area contributed by atoms with Crippen LogP contribution in [0.1, 0.15) is 23.5 Å². The van der Waals surface area contributed by atoms with Gasteiger partial charge in [0, 0.05) is 25.0 Å². The van der Waals surface area contributed by atoms with Gasteiger partial charge in [-0.25, -0.2) is 4.79 Å². The predicted octanol–water partition coefficient (Wildman–Crippen LogP) is 2.50. The molecule has 7 heteroatoms. The number of rotatable bonds is 1. The lowest BCUT2D eigenvalue weighted by Crippen LogP contribution is -2.47. The Labute approximate surface area is 114 Å². The van der Waals surface area contributed by atoms with Gasteiger partial charge in [0.15, 0.2) is 0 Å². The number of hydrogen-bond acceptors (Lipinski definition) is 2. The smallest absolute Gasteiger partial charge is 0.416 e. The highest BCUT2D eigenvalue weighted by molar-refractivity contribution is 5.65. The zero-order valence-corrected chi connectivity index (χ0v) is 10.6. The zero-order chi connectivity index (χ0) is 14.9. The molecule has 110 valence electrons. The predicted molar refractivity (Wildman–Crippen MR) is 66.4 cm³/mol. The lowest BCUT2D eigenvalue weighted by Gasteiger charge is -2.35. The third kappa shape index (κ3) is 3.04. The monoisotopic (exact) mass is 288 g/mol. The Balaban J connectivity index is 2.19. The van der Waals surface area contributed by atoms with E-state index in [1.807, 2.05) is 0 Å². The number of carboxylic acid groups (broad SMARTS) is 1. The molecule has 0 spiro atoms. The summed E-state index contributed by atoms with van der Waals surface area (Å²) in [5.74, 6) is -0.276. The summed E-state index contributed by atoms with van der Waals surface area (Å²) in [6.07, 6.45) is -4.91. The molecule has 0 bridgehead atoms. The van der Waals surface area contributed by atoms with Crippen molar-refractivity contribution in [1.29, 1.82) is 0 Å². The van der Waals surface area contributed by atoms with Crippen LogP contribution in [0, 0.1) is 0 Å². The van der Waals surface area contributed by atoms with Crippen LogP contribution in [0.15, 0.2) is 24.3 Å². The molecule has 1 aliphatic rings. The van der Waals surface area contributed by atoms with E-state index in [0.29, 0.717) is 18.5 Å². The first-order valence-electron chi connectivity index (χ1n) is 6.19. The van der Waals surface area contributed by atoms with Crippen molar-refractivity contribution in [3.8, 4) is 0 Å². The summed E-state index contributed by atoms with van der Waals surface area (Å²) in [5.41, 5.74) is 5.87. The summed E-state index contributed by atoms with van der Waals surface area (Å²) >= 11 is 0. The molecule has 0 aromatic heterocycles. The Morgan fingerprint density at radius 3 is 2.40 bits per heavy atom. The van der Waals surface area contributed by atoms with Crippen molar-refractivity contribution in [3.05, 3.63) is 35.4 Å². The van der Waals surface area contributed by atoms with E-state index in [1.54, 1.807) is 0 Å². The van der Waals surface area contributed by atoms with Gasteiger partial charge in [0.2, 0.25) is 0 Å². The summed E-state index contributed by atoms with van der Waals surface area (Å²) < 4.78 is 37.5. The largest absolute Gasteiger partial charge is 0.465 e. The van der Waals surface area contributed by atoms with E-state index >= 15 is 0 Å². The number of alkyl halides is 3. The van der Waals surface area contributed by atoms with Gasteiger partial charge >= 0.3 is 12.3 Å². The number of carbonyl (C=O) groups is 1. The van der Waals surface area contributed by atoms with Gasteiger partial charge in [0.25, 0.3) is 0 Å². The molecule has 20 heavy (non-hydrogen) atoms. The number of amides is 1. The van der Waals surface area contributed by atoms with Crippen LogP contribution in [-0.4, -0.2) is 35.2 Å². The lowest BCUT2D eigenvalue weighted by molar-refractivity contribution is -0.137. The van der Waals surface area contributed by atoms with Gasteiger partial charge in [-0.1, -0.05) is 12.1 Å². The molecule has 0 aliphatic carbocycles. The van der Waals surface area contributed by atoms with E-state index in [9.17, 15) is 18.0 Å². The highest BCUT2D eigenvalue weighted by Crippen LogP contribution is 2.32. The number of likely N-dealkylation sites (tertiary alicyclic amines) is 1. The lowest BCUT2D eigenvalue weighted by atomic mass is 9.86. The Morgan fingerprint density at radius 1 is 1.30 bits per heavy atom. The van der Waals surface area contributed by atoms with Gasteiger partial charge < -0.3 is 15.7 Å². The second kappa shape index (κ2) is 5.32. The maximum atomic E-state index is 12.5. The van der Waals surface area contributed by atoms with Crippen LogP contribution in [-0.2, 0) is 6.18 Å². The van der Waals surface area contributed by atoms with E-state index in [1.165, 1.54) is 17.0 Å². The third-order valence-electron chi connectivity index (χ3n) is 3.60. The number of hydrogen-bond donors (Lipinski definition) is 2. The highest BCUT2D eigenvalue weighted by atomic mass is 19.4. The average Bonchev–Trinajstić information content (AvgIpc) is 2.38. The SMILES string of the molecule is NC1CCN(C(=O)O)CC1c1ccc(C(F)(F)F)cc1. The molecule has 1 heterocycles. The Kier molecular flexibility index (Phi) is 3.89. The van der Waals surface area contributed by atoms with Crippen molar-refractivity contribution in [2.75, 3.05) is 13.1 Å². The zero-order valence-electron chi connectivity index (χ0n) is 10.6. The van der Waals surface area contributed by atoms with Crippen LogP contribution in [0.3, 0.4) is 0 Å². The topological polar surface area (TPSA) is 66.6 Å². The highest BCUT2D eigenvalue weighted by Gasteiger charge is 2.32. The molecule has 1 aromatic carbocycles. The van der Waals surface area contributed by atoms with Crippen LogP contribution >= 0.6 is 0 Å². The standard InChI is InChI=1S/C13H15F3N2O2/c14-13(15,16)9-3-1-8(2-4-9)10-7-18(12(19)20)6-5-11(10)17/h1-4,10-11H,5-7,17H2,(H,19,20). The van der Waals surface area contributed by atoms with E-state index in [0.717, 1.165) is 12.1 Å². The Bertz CT molecular complexity index is 487. The summed E-state index contributed by atoms with van der Waals surface area (Å²) in [6, 6.07) is 4.50. The Morgan fingerprint density at radius 2 is 1.90 bits per heavy atom. The van der Waals surface area contributed by atoms with Crippen molar-refractivity contribution in [1.82, 2.24) is 4.90 Å². The first kappa shape index (κ1) is 14.6. The van der Waals surface area contributed by atoms with Crippen LogP contribution in [0.2, 0.25) is 0 Å². The number of piperidine rings is 1. The minimum atomic E-state index is -4.37. The van der Waals surface area contributed by atoms with Gasteiger partial charge in [0.1, 0.15) is 0 Å². The molecule has 1 aliphatic heterocycles. The fourth-order valence-corrected chi connectivity index (χ4v) is 2.42. The van der Waals surface area contributed by atoms with Gasteiger partial charge in [-0.3, -0.25) is 0 Å². The van der Waals surface area contributed by atoms with Crippen molar-refractivity contribution in [2.24, 2.45) is 5.73 Å². The molecular formula is C13H15F3N2O2. The molecule has 0 radical (unpaired) electrons. The fraction of sp³-hybridized carbons (Fsp3) is 0.462. The molecule has 1 aromatic rings. The molecule has 2 atom stereocenters. The second-order valence-electron chi connectivity index (χ2n) is 4.91. The minimum Gasteiger partial charge on any atom is -0.465 e. The molecule has 1 fully saturated rings. The number of benzene rings is 1. The van der Waals surface area contributed by atoms with Crippen LogP contribution in [0.4, 0.5) is 18.0 Å². The third-order valence-corrected chi connectivity index (χ3v) is 3.60.